The Morgan fingerprint density at radius 1 is 1.13 bits per heavy atom. The molecule has 0 radical (unpaired) electrons. The van der Waals surface area contributed by atoms with Gasteiger partial charge in [0.2, 0.25) is 0 Å². The molecule has 0 amide bonds. The molecule has 1 heterocycles. The van der Waals surface area contributed by atoms with E-state index in [2.05, 4.69) is 19.1 Å². The average Bonchev–Trinajstić information content (AvgIpc) is 2.72. The van der Waals surface area contributed by atoms with Crippen molar-refractivity contribution in [2.45, 2.75) is 6.92 Å². The number of benzene rings is 1. The SMILES string of the molecule is Cc1ccccc1.O=C(O)c1ccc[pH]1. The highest BCUT2D eigenvalue weighted by atomic mass is 31.0. The molecule has 0 saturated heterocycles. The molecule has 1 aromatic heterocycles. The summed E-state index contributed by atoms with van der Waals surface area (Å²) in [5, 5.41) is 8.82. The lowest BCUT2D eigenvalue weighted by molar-refractivity contribution is 0.0702. The van der Waals surface area contributed by atoms with Crippen LogP contribution >= 0.6 is 8.19 Å². The van der Waals surface area contributed by atoms with Gasteiger partial charge in [0.15, 0.2) is 0 Å². The number of carbonyl (C=O) groups is 1. The first-order valence-electron chi connectivity index (χ1n) is 4.58. The monoisotopic (exact) mass is 220 g/mol. The molecule has 0 saturated carbocycles. The topological polar surface area (TPSA) is 37.3 Å². The second kappa shape index (κ2) is 6.05. The third kappa shape index (κ3) is 4.48. The van der Waals surface area contributed by atoms with Gasteiger partial charge < -0.3 is 5.11 Å². The first-order valence-corrected chi connectivity index (χ1v) is 5.66. The van der Waals surface area contributed by atoms with E-state index in [1.54, 1.807) is 12.1 Å². The van der Waals surface area contributed by atoms with Crippen molar-refractivity contribution in [2.24, 2.45) is 0 Å². The summed E-state index contributed by atoms with van der Waals surface area (Å²) in [7, 11) is 0.361. The summed E-state index contributed by atoms with van der Waals surface area (Å²) in [6.45, 7) is 2.08. The minimum Gasteiger partial charge on any atom is -0.477 e. The molecule has 78 valence electrons. The standard InChI is InChI=1S/C7H8.C5H5O2P/c1-7-5-3-2-4-6-7;6-5(7)4-2-1-3-8-4/h2-6H,1H3;1-3,8H,(H,6,7). The first-order chi connectivity index (χ1) is 7.20. The Balaban J connectivity index is 0.000000151. The van der Waals surface area contributed by atoms with Crippen LogP contribution in [0.5, 0.6) is 0 Å². The third-order valence-electron chi connectivity index (χ3n) is 1.77. The van der Waals surface area contributed by atoms with Crippen LogP contribution in [0.3, 0.4) is 0 Å². The minimum absolute atomic E-state index is 0.361. The van der Waals surface area contributed by atoms with Gasteiger partial charge in [-0.3, -0.25) is 0 Å². The lowest BCUT2D eigenvalue weighted by Crippen LogP contribution is -1.88. The molecule has 0 aliphatic heterocycles. The van der Waals surface area contributed by atoms with E-state index in [0.29, 0.717) is 13.5 Å². The van der Waals surface area contributed by atoms with Gasteiger partial charge in [0.25, 0.3) is 0 Å². The van der Waals surface area contributed by atoms with Gasteiger partial charge >= 0.3 is 5.97 Å². The quantitative estimate of drug-likeness (QED) is 0.799. The third-order valence-corrected chi connectivity index (χ3v) is 2.82. The smallest absolute Gasteiger partial charge is 0.339 e. The van der Waals surface area contributed by atoms with Gasteiger partial charge in [-0.05, 0) is 18.8 Å². The lowest BCUT2D eigenvalue weighted by Gasteiger charge is -1.82. The van der Waals surface area contributed by atoms with Crippen molar-refractivity contribution in [1.29, 1.82) is 0 Å². The zero-order valence-electron chi connectivity index (χ0n) is 8.47. The summed E-state index contributed by atoms with van der Waals surface area (Å²) in [6.07, 6.45) is 0. The fourth-order valence-corrected chi connectivity index (χ4v) is 1.69. The lowest BCUT2D eigenvalue weighted by atomic mass is 10.2. The fraction of sp³-hybridized carbons (Fsp3) is 0.0833. The molecule has 2 nitrogen and oxygen atoms in total. The van der Waals surface area contributed by atoms with Crippen LogP contribution in [0.15, 0.2) is 48.3 Å². The summed E-state index contributed by atoms with van der Waals surface area (Å²) in [5.74, 6) is 1.05. The summed E-state index contributed by atoms with van der Waals surface area (Å²) in [5.41, 5.74) is 1.32. The normalized spacial score (nSPS) is 9.40. The summed E-state index contributed by atoms with van der Waals surface area (Å²) >= 11 is 0. The molecule has 1 N–H and O–H groups in total. The Kier molecular flexibility index (Phi) is 4.65. The number of aryl methyl sites for hydroxylation is 1. The van der Waals surface area contributed by atoms with E-state index in [1.807, 2.05) is 24.0 Å². The molecule has 2 rings (SSSR count). The number of hydrogen-bond donors (Lipinski definition) is 1. The van der Waals surface area contributed by atoms with E-state index in [0.717, 1.165) is 0 Å². The van der Waals surface area contributed by atoms with Crippen LogP contribution in [0, 0.1) is 6.92 Å². The van der Waals surface area contributed by atoms with Gasteiger partial charge in [-0.1, -0.05) is 42.0 Å². The number of rotatable bonds is 1. The Morgan fingerprint density at radius 3 is 2.07 bits per heavy atom. The van der Waals surface area contributed by atoms with E-state index < -0.39 is 5.97 Å². The largest absolute Gasteiger partial charge is 0.477 e. The van der Waals surface area contributed by atoms with Crippen LogP contribution in [0.1, 0.15) is 15.7 Å². The highest BCUT2D eigenvalue weighted by Gasteiger charge is 1.97. The molecular formula is C12H13O2P. The van der Waals surface area contributed by atoms with Crippen LogP contribution in [0.2, 0.25) is 0 Å². The van der Waals surface area contributed by atoms with Gasteiger partial charge in [-0.15, -0.1) is 8.19 Å². The zero-order valence-corrected chi connectivity index (χ0v) is 9.47. The Hall–Kier alpha value is -1.53. The van der Waals surface area contributed by atoms with E-state index in [9.17, 15) is 4.79 Å². The van der Waals surface area contributed by atoms with Crippen molar-refractivity contribution < 1.29 is 9.90 Å². The second-order valence-electron chi connectivity index (χ2n) is 3.04. The van der Waals surface area contributed by atoms with Gasteiger partial charge in [0.05, 0.1) is 5.30 Å². The molecule has 2 aromatic rings. The maximum absolute atomic E-state index is 10.1. The molecule has 0 aliphatic carbocycles. The zero-order chi connectivity index (χ0) is 11.1. The molecule has 0 fully saturated rings. The Bertz CT molecular complexity index is 393. The molecule has 1 aromatic carbocycles. The number of hydrogen-bond acceptors (Lipinski definition) is 1. The van der Waals surface area contributed by atoms with Crippen molar-refractivity contribution in [1.82, 2.24) is 0 Å². The fourth-order valence-electron chi connectivity index (χ4n) is 0.998. The Labute approximate surface area is 90.7 Å². The van der Waals surface area contributed by atoms with Crippen LogP contribution in [-0.4, -0.2) is 11.1 Å². The molecule has 0 bridgehead atoms. The van der Waals surface area contributed by atoms with Gasteiger partial charge in [0, 0.05) is 0 Å². The average molecular weight is 220 g/mol. The second-order valence-corrected chi connectivity index (χ2v) is 4.20. The molecule has 1 atom stereocenters. The molecule has 1 unspecified atom stereocenters. The molecule has 3 heteroatoms. The van der Waals surface area contributed by atoms with Crippen molar-refractivity contribution in [2.75, 3.05) is 0 Å². The summed E-state index contributed by atoms with van der Waals surface area (Å²) in [4.78, 5) is 10.1. The van der Waals surface area contributed by atoms with Crippen molar-refractivity contribution >= 4 is 14.2 Å². The Morgan fingerprint density at radius 2 is 1.80 bits per heavy atom. The molecule has 0 aliphatic rings. The van der Waals surface area contributed by atoms with Gasteiger partial charge in [-0.25, -0.2) is 4.79 Å². The maximum Gasteiger partial charge on any atom is 0.339 e. The number of carboxylic acids is 1. The highest BCUT2D eigenvalue weighted by Crippen LogP contribution is 2.13. The van der Waals surface area contributed by atoms with Crippen molar-refractivity contribution in [3.05, 3.63) is 59.1 Å². The molecule has 15 heavy (non-hydrogen) atoms. The summed E-state index contributed by atoms with van der Waals surface area (Å²) in [6, 6.07) is 13.7. The van der Waals surface area contributed by atoms with Crippen LogP contribution in [-0.2, 0) is 0 Å². The summed E-state index contributed by atoms with van der Waals surface area (Å²) < 4.78 is 0. The minimum atomic E-state index is -0.798. The maximum atomic E-state index is 10.1. The number of carboxylic acid groups (broad SMARTS) is 1. The van der Waals surface area contributed by atoms with E-state index in [-0.39, 0.29) is 0 Å². The van der Waals surface area contributed by atoms with Crippen LogP contribution in [0.4, 0.5) is 0 Å². The van der Waals surface area contributed by atoms with Crippen molar-refractivity contribution in [3.63, 3.8) is 0 Å². The van der Waals surface area contributed by atoms with E-state index in [1.165, 1.54) is 5.56 Å². The molecular weight excluding hydrogens is 207 g/mol. The first kappa shape index (κ1) is 11.5. The predicted molar refractivity (Wildman–Crippen MR) is 64.1 cm³/mol. The molecule has 0 spiro atoms. The van der Waals surface area contributed by atoms with Gasteiger partial charge in [-0.2, -0.15) is 0 Å². The van der Waals surface area contributed by atoms with Crippen LogP contribution in [0.25, 0.3) is 0 Å². The predicted octanol–water partition coefficient (Wildman–Crippen LogP) is 3.41. The van der Waals surface area contributed by atoms with Gasteiger partial charge in [0.1, 0.15) is 0 Å². The number of aromatic carboxylic acids is 1. The van der Waals surface area contributed by atoms with Crippen molar-refractivity contribution in [3.8, 4) is 0 Å². The van der Waals surface area contributed by atoms with E-state index in [4.69, 9.17) is 5.11 Å². The van der Waals surface area contributed by atoms with E-state index >= 15 is 0 Å². The highest BCUT2D eigenvalue weighted by molar-refractivity contribution is 7.31. The van der Waals surface area contributed by atoms with Crippen LogP contribution < -0.4 is 0 Å².